The molecule has 2 aromatic carbocycles. The van der Waals surface area contributed by atoms with Crippen LogP contribution in [0, 0.1) is 0 Å². The van der Waals surface area contributed by atoms with Crippen molar-refractivity contribution < 1.29 is 0 Å². The second-order valence-corrected chi connectivity index (χ2v) is 7.50. The largest absolute Gasteiger partial charge is 0.0772 e. The normalized spacial score (nSPS) is 14.2. The Labute approximate surface area is 159 Å². The molecule has 1 aliphatic rings. The van der Waals surface area contributed by atoms with Crippen LogP contribution in [0.25, 0.3) is 0 Å². The second kappa shape index (κ2) is 9.03. The molecule has 0 bridgehead atoms. The highest BCUT2D eigenvalue weighted by Gasteiger charge is 2.37. The average Bonchev–Trinajstić information content (AvgIpc) is 3.18. The molecular weight excluding hydrogens is 312 g/mol. The standard InChI is InChI=1S/C26H32/c1-3-5-13-22-18-19-25(21-22)26(20-6-4-2,23-14-9-7-10-15-23)24-16-11-8-12-17-24/h7-12,14-18,21H,3-6,13,19-20H2,1-2H3. The van der Waals surface area contributed by atoms with Crippen molar-refractivity contribution in [1.29, 1.82) is 0 Å². The Kier molecular flexibility index (Phi) is 6.50. The van der Waals surface area contributed by atoms with Crippen LogP contribution in [-0.4, -0.2) is 0 Å². The molecule has 0 aliphatic heterocycles. The average molecular weight is 345 g/mol. The van der Waals surface area contributed by atoms with E-state index in [0.717, 1.165) is 6.42 Å². The highest BCUT2D eigenvalue weighted by atomic mass is 14.4. The predicted octanol–water partition coefficient (Wildman–Crippen LogP) is 7.61. The monoisotopic (exact) mass is 344 g/mol. The van der Waals surface area contributed by atoms with Gasteiger partial charge in [0.05, 0.1) is 0 Å². The van der Waals surface area contributed by atoms with E-state index in [0.29, 0.717) is 0 Å². The van der Waals surface area contributed by atoms with Gasteiger partial charge in [0.1, 0.15) is 0 Å². The van der Waals surface area contributed by atoms with Gasteiger partial charge < -0.3 is 0 Å². The van der Waals surface area contributed by atoms with E-state index in [1.165, 1.54) is 55.2 Å². The molecule has 0 spiro atoms. The number of allylic oxidation sites excluding steroid dienone is 4. The first-order valence-electron chi connectivity index (χ1n) is 10.3. The molecule has 136 valence electrons. The zero-order chi connectivity index (χ0) is 18.2. The third-order valence-electron chi connectivity index (χ3n) is 5.75. The molecule has 0 fully saturated rings. The maximum absolute atomic E-state index is 2.52. The Balaban J connectivity index is 2.09. The number of benzene rings is 2. The summed E-state index contributed by atoms with van der Waals surface area (Å²) >= 11 is 0. The first-order chi connectivity index (χ1) is 12.8. The molecule has 0 saturated heterocycles. The van der Waals surface area contributed by atoms with Crippen molar-refractivity contribution in [1.82, 2.24) is 0 Å². The molecule has 0 atom stereocenters. The summed E-state index contributed by atoms with van der Waals surface area (Å²) in [6, 6.07) is 22.3. The number of hydrogen-bond donors (Lipinski definition) is 0. The van der Waals surface area contributed by atoms with Gasteiger partial charge in [-0.3, -0.25) is 0 Å². The molecule has 0 heterocycles. The van der Waals surface area contributed by atoms with Crippen molar-refractivity contribution in [2.75, 3.05) is 0 Å². The summed E-state index contributed by atoms with van der Waals surface area (Å²) in [6.07, 6.45) is 13.5. The van der Waals surface area contributed by atoms with Gasteiger partial charge in [-0.25, -0.2) is 0 Å². The fourth-order valence-corrected chi connectivity index (χ4v) is 4.31. The van der Waals surface area contributed by atoms with E-state index in [-0.39, 0.29) is 5.41 Å². The van der Waals surface area contributed by atoms with Gasteiger partial charge in [-0.2, -0.15) is 0 Å². The molecule has 26 heavy (non-hydrogen) atoms. The van der Waals surface area contributed by atoms with Crippen molar-refractivity contribution in [2.24, 2.45) is 0 Å². The van der Waals surface area contributed by atoms with Gasteiger partial charge in [-0.05, 0) is 36.8 Å². The Morgan fingerprint density at radius 3 is 1.88 bits per heavy atom. The second-order valence-electron chi connectivity index (χ2n) is 7.50. The Morgan fingerprint density at radius 2 is 1.35 bits per heavy atom. The van der Waals surface area contributed by atoms with Crippen molar-refractivity contribution in [3.8, 4) is 0 Å². The molecule has 0 N–H and O–H groups in total. The number of unbranched alkanes of at least 4 members (excludes halogenated alkanes) is 2. The van der Waals surface area contributed by atoms with Crippen LogP contribution in [0.2, 0.25) is 0 Å². The zero-order valence-electron chi connectivity index (χ0n) is 16.4. The minimum atomic E-state index is 0.00297. The van der Waals surface area contributed by atoms with Crippen molar-refractivity contribution in [2.45, 2.75) is 64.2 Å². The fraction of sp³-hybridized carbons (Fsp3) is 0.385. The summed E-state index contributed by atoms with van der Waals surface area (Å²) < 4.78 is 0. The molecule has 1 aliphatic carbocycles. The molecule has 0 radical (unpaired) electrons. The summed E-state index contributed by atoms with van der Waals surface area (Å²) in [4.78, 5) is 0. The highest BCUT2D eigenvalue weighted by Crippen LogP contribution is 2.47. The van der Waals surface area contributed by atoms with E-state index in [4.69, 9.17) is 0 Å². The van der Waals surface area contributed by atoms with Crippen molar-refractivity contribution in [3.05, 3.63) is 95.1 Å². The lowest BCUT2D eigenvalue weighted by Gasteiger charge is -2.37. The van der Waals surface area contributed by atoms with Gasteiger partial charge in [0.15, 0.2) is 0 Å². The Hall–Kier alpha value is -2.08. The fourth-order valence-electron chi connectivity index (χ4n) is 4.31. The van der Waals surface area contributed by atoms with Gasteiger partial charge in [0.25, 0.3) is 0 Å². The quantitative estimate of drug-likeness (QED) is 0.439. The van der Waals surface area contributed by atoms with E-state index in [1.807, 2.05) is 0 Å². The Morgan fingerprint density at radius 1 is 0.769 bits per heavy atom. The Bertz CT molecular complexity index is 695. The smallest absolute Gasteiger partial charge is 0.0417 e. The number of rotatable bonds is 9. The molecule has 0 nitrogen and oxygen atoms in total. The summed E-state index contributed by atoms with van der Waals surface area (Å²) in [5.41, 5.74) is 6.00. The predicted molar refractivity (Wildman–Crippen MR) is 113 cm³/mol. The maximum Gasteiger partial charge on any atom is 0.0417 e. The van der Waals surface area contributed by atoms with E-state index in [2.05, 4.69) is 86.7 Å². The van der Waals surface area contributed by atoms with E-state index < -0.39 is 0 Å². The van der Waals surface area contributed by atoms with Crippen LogP contribution in [-0.2, 0) is 5.41 Å². The molecule has 0 saturated carbocycles. The van der Waals surface area contributed by atoms with Gasteiger partial charge in [-0.15, -0.1) is 0 Å². The summed E-state index contributed by atoms with van der Waals surface area (Å²) in [5, 5.41) is 0. The van der Waals surface area contributed by atoms with Crippen LogP contribution < -0.4 is 0 Å². The molecule has 0 aromatic heterocycles. The van der Waals surface area contributed by atoms with Crippen LogP contribution in [0.15, 0.2) is 84.0 Å². The maximum atomic E-state index is 2.52. The topological polar surface area (TPSA) is 0 Å². The molecule has 3 rings (SSSR count). The molecule has 0 unspecified atom stereocenters. The van der Waals surface area contributed by atoms with Gasteiger partial charge >= 0.3 is 0 Å². The first kappa shape index (κ1) is 18.7. The summed E-state index contributed by atoms with van der Waals surface area (Å²) in [6.45, 7) is 4.58. The van der Waals surface area contributed by atoms with E-state index >= 15 is 0 Å². The minimum absolute atomic E-state index is 0.00297. The third-order valence-corrected chi connectivity index (χ3v) is 5.75. The third kappa shape index (κ3) is 3.85. The lowest BCUT2D eigenvalue weighted by Crippen LogP contribution is -2.30. The number of hydrogen-bond acceptors (Lipinski definition) is 0. The lowest BCUT2D eigenvalue weighted by atomic mass is 9.65. The van der Waals surface area contributed by atoms with Gasteiger partial charge in [0.2, 0.25) is 0 Å². The molecule has 2 aromatic rings. The highest BCUT2D eigenvalue weighted by molar-refractivity contribution is 5.53. The van der Waals surface area contributed by atoms with Crippen molar-refractivity contribution >= 4 is 0 Å². The zero-order valence-corrected chi connectivity index (χ0v) is 16.4. The molecular formula is C26H32. The van der Waals surface area contributed by atoms with Crippen LogP contribution >= 0.6 is 0 Å². The van der Waals surface area contributed by atoms with Gasteiger partial charge in [0, 0.05) is 5.41 Å². The molecule has 0 amide bonds. The SMILES string of the molecule is CCCCC1=CCC(C(CCCC)(c2ccccc2)c2ccccc2)=C1. The van der Waals surface area contributed by atoms with E-state index in [1.54, 1.807) is 5.57 Å². The van der Waals surface area contributed by atoms with Crippen LogP contribution in [0.4, 0.5) is 0 Å². The summed E-state index contributed by atoms with van der Waals surface area (Å²) in [5.74, 6) is 0. The van der Waals surface area contributed by atoms with Crippen LogP contribution in [0.5, 0.6) is 0 Å². The van der Waals surface area contributed by atoms with Gasteiger partial charge in [-0.1, -0.05) is 117 Å². The first-order valence-corrected chi connectivity index (χ1v) is 10.3. The summed E-state index contributed by atoms with van der Waals surface area (Å²) in [7, 11) is 0. The minimum Gasteiger partial charge on any atom is -0.0772 e. The van der Waals surface area contributed by atoms with Crippen molar-refractivity contribution in [3.63, 3.8) is 0 Å². The van der Waals surface area contributed by atoms with Crippen LogP contribution in [0.3, 0.4) is 0 Å². The lowest BCUT2D eigenvalue weighted by molar-refractivity contribution is 0.512. The van der Waals surface area contributed by atoms with Crippen LogP contribution in [0.1, 0.15) is 69.9 Å². The molecule has 0 heteroatoms. The van der Waals surface area contributed by atoms with E-state index in [9.17, 15) is 0 Å².